The van der Waals surface area contributed by atoms with Gasteiger partial charge in [0.15, 0.2) is 0 Å². The smallest absolute Gasteiger partial charge is 0.303 e. The van der Waals surface area contributed by atoms with Gasteiger partial charge in [-0.1, -0.05) is 50.5 Å². The average molecular weight is 328 g/mol. The molecule has 23 heavy (non-hydrogen) atoms. The Kier molecular flexibility index (Phi) is 13.7. The number of rotatable bonds is 14. The summed E-state index contributed by atoms with van der Waals surface area (Å²) in [4.78, 5) is 10.3. The van der Waals surface area contributed by atoms with Crippen molar-refractivity contribution < 1.29 is 25.2 Å². The molecule has 5 nitrogen and oxygen atoms in total. The first-order chi connectivity index (χ1) is 11.0. The molecule has 0 unspecified atom stereocenters. The van der Waals surface area contributed by atoms with Crippen LogP contribution in [-0.4, -0.2) is 44.7 Å². The molecule has 4 N–H and O–H groups in total. The Balaban J connectivity index is 3.58. The minimum Gasteiger partial charge on any atom is -0.481 e. The molecule has 0 aromatic heterocycles. The number of unbranched alkanes of at least 4 members (excludes halogenated alkanes) is 5. The number of carboxylic acids is 1. The van der Waals surface area contributed by atoms with E-state index in [1.807, 2.05) is 12.2 Å². The standard InChI is InChI=1S/C18H32O5/c1-2-16(20)17(21)14-13-15(19)11-9-7-5-3-4-6-8-10-12-18(22)23/h7,9,13-17,19-21H,2-6,8,10-12H2,1H3,(H,22,23)/b9-7-,14-13+/t15-,16+,17-/m1/s1. The summed E-state index contributed by atoms with van der Waals surface area (Å²) >= 11 is 0. The molecule has 0 bridgehead atoms. The minimum absolute atomic E-state index is 0.259. The van der Waals surface area contributed by atoms with Crippen molar-refractivity contribution in [2.24, 2.45) is 0 Å². The molecule has 0 aliphatic carbocycles. The molecule has 0 amide bonds. The van der Waals surface area contributed by atoms with E-state index in [9.17, 15) is 20.1 Å². The molecule has 0 aromatic rings. The first-order valence-electron chi connectivity index (χ1n) is 8.56. The Morgan fingerprint density at radius 2 is 1.61 bits per heavy atom. The number of aliphatic carboxylic acids is 1. The van der Waals surface area contributed by atoms with E-state index in [4.69, 9.17) is 5.11 Å². The van der Waals surface area contributed by atoms with Crippen LogP contribution in [0.1, 0.15) is 64.7 Å². The number of hydrogen-bond donors (Lipinski definition) is 4. The lowest BCUT2D eigenvalue weighted by Crippen LogP contribution is -2.23. The highest BCUT2D eigenvalue weighted by Gasteiger charge is 2.10. The molecule has 0 spiro atoms. The fourth-order valence-corrected chi connectivity index (χ4v) is 2.11. The summed E-state index contributed by atoms with van der Waals surface area (Å²) in [5.74, 6) is -0.725. The lowest BCUT2D eigenvalue weighted by atomic mass is 10.1. The first kappa shape index (κ1) is 21.8. The Hall–Kier alpha value is -1.17. The van der Waals surface area contributed by atoms with Crippen molar-refractivity contribution in [1.29, 1.82) is 0 Å². The van der Waals surface area contributed by atoms with Crippen LogP contribution < -0.4 is 0 Å². The molecule has 0 aliphatic rings. The number of aliphatic hydroxyl groups is 3. The van der Waals surface area contributed by atoms with E-state index in [1.165, 1.54) is 12.2 Å². The van der Waals surface area contributed by atoms with Gasteiger partial charge >= 0.3 is 5.97 Å². The molecule has 134 valence electrons. The van der Waals surface area contributed by atoms with Crippen LogP contribution in [0.25, 0.3) is 0 Å². The average Bonchev–Trinajstić information content (AvgIpc) is 2.53. The number of aliphatic hydroxyl groups excluding tert-OH is 3. The fourth-order valence-electron chi connectivity index (χ4n) is 2.11. The first-order valence-corrected chi connectivity index (χ1v) is 8.56. The van der Waals surface area contributed by atoms with Crippen LogP contribution in [-0.2, 0) is 4.79 Å². The molecular formula is C18H32O5. The Morgan fingerprint density at radius 1 is 0.957 bits per heavy atom. The van der Waals surface area contributed by atoms with Gasteiger partial charge in [-0.15, -0.1) is 0 Å². The van der Waals surface area contributed by atoms with E-state index >= 15 is 0 Å². The van der Waals surface area contributed by atoms with Crippen molar-refractivity contribution in [2.75, 3.05) is 0 Å². The van der Waals surface area contributed by atoms with Crippen LogP contribution in [0.4, 0.5) is 0 Å². The Bertz CT molecular complexity index is 351. The maximum absolute atomic E-state index is 10.3. The molecule has 0 saturated carbocycles. The van der Waals surface area contributed by atoms with Gasteiger partial charge in [0.05, 0.1) is 18.3 Å². The molecular weight excluding hydrogens is 296 g/mol. The van der Waals surface area contributed by atoms with E-state index in [0.29, 0.717) is 12.8 Å². The van der Waals surface area contributed by atoms with E-state index in [-0.39, 0.29) is 6.42 Å². The van der Waals surface area contributed by atoms with Crippen LogP contribution in [0, 0.1) is 0 Å². The van der Waals surface area contributed by atoms with E-state index < -0.39 is 24.3 Å². The quantitative estimate of drug-likeness (QED) is 0.290. The zero-order valence-corrected chi connectivity index (χ0v) is 14.1. The number of carbonyl (C=O) groups is 1. The second kappa shape index (κ2) is 14.4. The highest BCUT2D eigenvalue weighted by Crippen LogP contribution is 2.08. The highest BCUT2D eigenvalue weighted by molar-refractivity contribution is 5.66. The summed E-state index contributed by atoms with van der Waals surface area (Å²) in [5.41, 5.74) is 0. The molecule has 0 rings (SSSR count). The molecule has 0 fully saturated rings. The van der Waals surface area contributed by atoms with Crippen LogP contribution >= 0.6 is 0 Å². The Labute approximate surface area is 139 Å². The van der Waals surface area contributed by atoms with Gasteiger partial charge in [0.1, 0.15) is 0 Å². The monoisotopic (exact) mass is 328 g/mol. The van der Waals surface area contributed by atoms with Gasteiger partial charge in [-0.05, 0) is 32.1 Å². The Morgan fingerprint density at radius 3 is 2.26 bits per heavy atom. The van der Waals surface area contributed by atoms with Crippen LogP contribution in [0.5, 0.6) is 0 Å². The fraction of sp³-hybridized carbons (Fsp3) is 0.722. The van der Waals surface area contributed by atoms with Gasteiger partial charge in [-0.2, -0.15) is 0 Å². The highest BCUT2D eigenvalue weighted by atomic mass is 16.4. The second-order valence-electron chi connectivity index (χ2n) is 5.83. The van der Waals surface area contributed by atoms with Crippen molar-refractivity contribution in [3.63, 3.8) is 0 Å². The number of carboxylic acid groups (broad SMARTS) is 1. The molecule has 0 saturated heterocycles. The van der Waals surface area contributed by atoms with Gasteiger partial charge in [0.2, 0.25) is 0 Å². The summed E-state index contributed by atoms with van der Waals surface area (Å²) in [6.07, 6.45) is 11.6. The number of hydrogen-bond acceptors (Lipinski definition) is 4. The summed E-state index contributed by atoms with van der Waals surface area (Å²) in [6, 6.07) is 0. The van der Waals surface area contributed by atoms with Crippen molar-refractivity contribution in [1.82, 2.24) is 0 Å². The summed E-state index contributed by atoms with van der Waals surface area (Å²) in [5, 5.41) is 37.1. The zero-order chi connectivity index (χ0) is 17.5. The maximum atomic E-state index is 10.3. The summed E-state index contributed by atoms with van der Waals surface area (Å²) in [6.45, 7) is 1.78. The largest absolute Gasteiger partial charge is 0.481 e. The van der Waals surface area contributed by atoms with Gasteiger partial charge in [0.25, 0.3) is 0 Å². The van der Waals surface area contributed by atoms with E-state index in [0.717, 1.165) is 38.5 Å². The number of allylic oxidation sites excluding steroid dienone is 1. The lowest BCUT2D eigenvalue weighted by Gasteiger charge is -2.12. The third-order valence-electron chi connectivity index (χ3n) is 3.65. The molecule has 0 radical (unpaired) electrons. The van der Waals surface area contributed by atoms with Gasteiger partial charge in [-0.3, -0.25) is 4.79 Å². The predicted molar refractivity (Wildman–Crippen MR) is 91.2 cm³/mol. The molecule has 0 aliphatic heterocycles. The zero-order valence-electron chi connectivity index (χ0n) is 14.1. The third kappa shape index (κ3) is 14.2. The van der Waals surface area contributed by atoms with E-state index in [2.05, 4.69) is 0 Å². The normalized spacial score (nSPS) is 16.0. The maximum Gasteiger partial charge on any atom is 0.303 e. The van der Waals surface area contributed by atoms with Crippen molar-refractivity contribution >= 4 is 5.97 Å². The van der Waals surface area contributed by atoms with Crippen molar-refractivity contribution in [2.45, 2.75) is 83.0 Å². The SMILES string of the molecule is CC[C@H](O)[C@H](O)/C=C/[C@H](O)C/C=C\CCCCCCCC(=O)O. The molecule has 0 aromatic carbocycles. The van der Waals surface area contributed by atoms with Crippen molar-refractivity contribution in [3.05, 3.63) is 24.3 Å². The van der Waals surface area contributed by atoms with Gasteiger partial charge in [0, 0.05) is 6.42 Å². The third-order valence-corrected chi connectivity index (χ3v) is 3.65. The summed E-state index contributed by atoms with van der Waals surface area (Å²) in [7, 11) is 0. The van der Waals surface area contributed by atoms with Crippen molar-refractivity contribution in [3.8, 4) is 0 Å². The topological polar surface area (TPSA) is 98.0 Å². The van der Waals surface area contributed by atoms with Crippen LogP contribution in [0.2, 0.25) is 0 Å². The van der Waals surface area contributed by atoms with E-state index in [1.54, 1.807) is 6.92 Å². The summed E-state index contributed by atoms with van der Waals surface area (Å²) < 4.78 is 0. The second-order valence-corrected chi connectivity index (χ2v) is 5.83. The molecule has 3 atom stereocenters. The predicted octanol–water partition coefficient (Wildman–Crippen LogP) is 2.80. The molecule has 5 heteroatoms. The minimum atomic E-state index is -0.931. The van der Waals surface area contributed by atoms with Crippen LogP contribution in [0.3, 0.4) is 0 Å². The molecule has 0 heterocycles. The van der Waals surface area contributed by atoms with Crippen LogP contribution in [0.15, 0.2) is 24.3 Å². The van der Waals surface area contributed by atoms with Gasteiger partial charge < -0.3 is 20.4 Å². The van der Waals surface area contributed by atoms with Gasteiger partial charge in [-0.25, -0.2) is 0 Å². The lowest BCUT2D eigenvalue weighted by molar-refractivity contribution is -0.137.